The number of thioether (sulfide) groups is 1. The highest BCUT2D eigenvalue weighted by atomic mass is 32.2. The summed E-state index contributed by atoms with van der Waals surface area (Å²) in [5.74, 6) is 1.52. The van der Waals surface area contributed by atoms with Gasteiger partial charge in [-0.1, -0.05) is 6.08 Å². The van der Waals surface area contributed by atoms with Gasteiger partial charge in [0.2, 0.25) is 0 Å². The van der Waals surface area contributed by atoms with Crippen LogP contribution in [0.3, 0.4) is 0 Å². The van der Waals surface area contributed by atoms with Crippen LogP contribution >= 0.6 is 11.8 Å². The van der Waals surface area contributed by atoms with Gasteiger partial charge in [0.15, 0.2) is 0 Å². The molecule has 0 unspecified atom stereocenters. The van der Waals surface area contributed by atoms with E-state index in [-0.39, 0.29) is 0 Å². The molecule has 0 aliphatic carbocycles. The van der Waals surface area contributed by atoms with Crippen LogP contribution in [0.25, 0.3) is 0 Å². The van der Waals surface area contributed by atoms with Crippen LogP contribution in [0, 0.1) is 0 Å². The first-order valence-electron chi connectivity index (χ1n) is 4.20. The molecule has 0 aliphatic heterocycles. The third-order valence-electron chi connectivity index (χ3n) is 1.67. The van der Waals surface area contributed by atoms with Crippen LogP contribution in [0.2, 0.25) is 0 Å². The first-order chi connectivity index (χ1) is 6.70. The molecule has 14 heavy (non-hydrogen) atoms. The molecule has 0 amide bonds. The minimum absolute atomic E-state index is 0.386. The fourth-order valence-electron chi connectivity index (χ4n) is 0.825. The SMILES string of the molecule is CC(=CCSCc1ccco1)C(=O)O. The van der Waals surface area contributed by atoms with Crippen LogP contribution in [-0.2, 0) is 10.5 Å². The minimum Gasteiger partial charge on any atom is -0.478 e. The van der Waals surface area contributed by atoms with Crippen LogP contribution in [0.4, 0.5) is 0 Å². The summed E-state index contributed by atoms with van der Waals surface area (Å²) in [6.45, 7) is 1.59. The van der Waals surface area contributed by atoms with E-state index in [2.05, 4.69) is 0 Å². The van der Waals surface area contributed by atoms with Crippen LogP contribution < -0.4 is 0 Å². The van der Waals surface area contributed by atoms with Crippen molar-refractivity contribution in [3.8, 4) is 0 Å². The summed E-state index contributed by atoms with van der Waals surface area (Å²) in [7, 11) is 0. The molecule has 0 saturated heterocycles. The number of rotatable bonds is 5. The number of aliphatic carboxylic acids is 1. The van der Waals surface area contributed by atoms with Crippen molar-refractivity contribution >= 4 is 17.7 Å². The molecule has 0 fully saturated rings. The Labute approximate surface area is 86.8 Å². The molecule has 1 aromatic rings. The van der Waals surface area contributed by atoms with E-state index in [1.54, 1.807) is 31.0 Å². The molecule has 1 aromatic heterocycles. The van der Waals surface area contributed by atoms with Crippen LogP contribution in [0.5, 0.6) is 0 Å². The van der Waals surface area contributed by atoms with Crippen molar-refractivity contribution in [3.05, 3.63) is 35.8 Å². The lowest BCUT2D eigenvalue weighted by Gasteiger charge is -1.95. The van der Waals surface area contributed by atoms with E-state index in [1.165, 1.54) is 0 Å². The summed E-state index contributed by atoms with van der Waals surface area (Å²) in [6.07, 6.45) is 3.34. The summed E-state index contributed by atoms with van der Waals surface area (Å²) in [5, 5.41) is 8.57. The second-order valence-electron chi connectivity index (χ2n) is 2.79. The first-order valence-corrected chi connectivity index (χ1v) is 5.36. The van der Waals surface area contributed by atoms with Crippen molar-refractivity contribution in [2.75, 3.05) is 5.75 Å². The monoisotopic (exact) mass is 212 g/mol. The fraction of sp³-hybridized carbons (Fsp3) is 0.300. The van der Waals surface area contributed by atoms with E-state index in [0.29, 0.717) is 11.3 Å². The second kappa shape index (κ2) is 5.54. The normalized spacial score (nSPS) is 11.6. The van der Waals surface area contributed by atoms with Crippen LogP contribution in [0.15, 0.2) is 34.5 Å². The quantitative estimate of drug-likeness (QED) is 0.602. The molecule has 0 bridgehead atoms. The molecule has 1 heterocycles. The molecule has 1 N–H and O–H groups in total. The Hall–Kier alpha value is -1.16. The average Bonchev–Trinajstić information content (AvgIpc) is 2.64. The van der Waals surface area contributed by atoms with E-state index in [0.717, 1.165) is 11.5 Å². The third-order valence-corrected chi connectivity index (χ3v) is 2.56. The van der Waals surface area contributed by atoms with Crippen molar-refractivity contribution < 1.29 is 14.3 Å². The van der Waals surface area contributed by atoms with Gasteiger partial charge in [-0.3, -0.25) is 0 Å². The Balaban J connectivity index is 2.23. The molecule has 76 valence electrons. The Morgan fingerprint density at radius 3 is 3.07 bits per heavy atom. The summed E-state index contributed by atoms with van der Waals surface area (Å²) < 4.78 is 5.13. The molecule has 1 rings (SSSR count). The van der Waals surface area contributed by atoms with Gasteiger partial charge in [0.1, 0.15) is 5.76 Å². The maximum Gasteiger partial charge on any atom is 0.330 e. The first kappa shape index (κ1) is 10.9. The Morgan fingerprint density at radius 1 is 1.71 bits per heavy atom. The van der Waals surface area contributed by atoms with Crippen molar-refractivity contribution in [3.63, 3.8) is 0 Å². The van der Waals surface area contributed by atoms with E-state index in [4.69, 9.17) is 9.52 Å². The number of carboxylic acid groups (broad SMARTS) is 1. The maximum absolute atomic E-state index is 10.4. The number of carboxylic acids is 1. The zero-order valence-electron chi connectivity index (χ0n) is 7.90. The summed E-state index contributed by atoms with van der Waals surface area (Å²) in [4.78, 5) is 10.4. The highest BCUT2D eigenvalue weighted by molar-refractivity contribution is 7.98. The number of hydrogen-bond donors (Lipinski definition) is 1. The van der Waals surface area contributed by atoms with Crippen molar-refractivity contribution in [1.29, 1.82) is 0 Å². The van der Waals surface area contributed by atoms with Crippen molar-refractivity contribution in [1.82, 2.24) is 0 Å². The van der Waals surface area contributed by atoms with E-state index in [1.807, 2.05) is 12.1 Å². The van der Waals surface area contributed by atoms with Crippen LogP contribution in [0.1, 0.15) is 12.7 Å². The van der Waals surface area contributed by atoms with Gasteiger partial charge in [-0.15, -0.1) is 11.8 Å². The predicted octanol–water partition coefficient (Wildman–Crippen LogP) is 2.54. The Kier molecular flexibility index (Phi) is 4.32. The topological polar surface area (TPSA) is 50.4 Å². The van der Waals surface area contributed by atoms with Gasteiger partial charge in [0.25, 0.3) is 0 Å². The molecule has 0 atom stereocenters. The summed E-state index contributed by atoms with van der Waals surface area (Å²) in [6, 6.07) is 3.75. The largest absolute Gasteiger partial charge is 0.478 e. The predicted molar refractivity (Wildman–Crippen MR) is 56.3 cm³/mol. The van der Waals surface area contributed by atoms with Gasteiger partial charge in [-0.05, 0) is 19.1 Å². The molecule has 0 saturated carbocycles. The zero-order valence-corrected chi connectivity index (χ0v) is 8.71. The van der Waals surface area contributed by atoms with E-state index >= 15 is 0 Å². The molecular formula is C10H12O3S. The van der Waals surface area contributed by atoms with Gasteiger partial charge in [-0.2, -0.15) is 0 Å². The number of hydrogen-bond acceptors (Lipinski definition) is 3. The summed E-state index contributed by atoms with van der Waals surface area (Å²) in [5.41, 5.74) is 0.386. The number of furan rings is 1. The van der Waals surface area contributed by atoms with Gasteiger partial charge in [0.05, 0.1) is 12.0 Å². The Bertz CT molecular complexity index is 314. The standard InChI is InChI=1S/C10H12O3S/c1-8(10(11)12)4-6-14-7-9-3-2-5-13-9/h2-5H,6-7H2,1H3,(H,11,12). The maximum atomic E-state index is 10.4. The Morgan fingerprint density at radius 2 is 2.50 bits per heavy atom. The molecule has 0 spiro atoms. The highest BCUT2D eigenvalue weighted by Gasteiger charge is 1.99. The molecule has 0 aromatic carbocycles. The van der Waals surface area contributed by atoms with Crippen molar-refractivity contribution in [2.24, 2.45) is 0 Å². The van der Waals surface area contributed by atoms with Gasteiger partial charge >= 0.3 is 5.97 Å². The molecule has 4 heteroatoms. The van der Waals surface area contributed by atoms with Gasteiger partial charge < -0.3 is 9.52 Å². The third kappa shape index (κ3) is 3.70. The van der Waals surface area contributed by atoms with Gasteiger partial charge in [-0.25, -0.2) is 4.79 Å². The average molecular weight is 212 g/mol. The molecule has 0 radical (unpaired) electrons. The lowest BCUT2D eigenvalue weighted by molar-refractivity contribution is -0.132. The fourth-order valence-corrected chi connectivity index (χ4v) is 1.68. The molecular weight excluding hydrogens is 200 g/mol. The van der Waals surface area contributed by atoms with Gasteiger partial charge in [0, 0.05) is 11.3 Å². The number of carbonyl (C=O) groups is 1. The second-order valence-corrected chi connectivity index (χ2v) is 3.82. The zero-order chi connectivity index (χ0) is 10.4. The molecule has 3 nitrogen and oxygen atoms in total. The lowest BCUT2D eigenvalue weighted by atomic mass is 10.3. The van der Waals surface area contributed by atoms with E-state index in [9.17, 15) is 4.79 Å². The molecule has 0 aliphatic rings. The lowest BCUT2D eigenvalue weighted by Crippen LogP contribution is -1.96. The highest BCUT2D eigenvalue weighted by Crippen LogP contribution is 2.12. The van der Waals surface area contributed by atoms with Crippen LogP contribution in [-0.4, -0.2) is 16.8 Å². The smallest absolute Gasteiger partial charge is 0.330 e. The van der Waals surface area contributed by atoms with E-state index < -0.39 is 5.97 Å². The minimum atomic E-state index is -0.858. The summed E-state index contributed by atoms with van der Waals surface area (Å²) >= 11 is 1.62. The van der Waals surface area contributed by atoms with Crippen molar-refractivity contribution in [2.45, 2.75) is 12.7 Å².